The molecule has 24 heavy (non-hydrogen) atoms. The van der Waals surface area contributed by atoms with Gasteiger partial charge >= 0.3 is 0 Å². The van der Waals surface area contributed by atoms with E-state index >= 15 is 0 Å². The molecule has 0 fully saturated rings. The van der Waals surface area contributed by atoms with Crippen molar-refractivity contribution >= 4 is 53.7 Å². The lowest BCUT2D eigenvalue weighted by molar-refractivity contribution is 0.105. The van der Waals surface area contributed by atoms with E-state index in [-0.39, 0.29) is 0 Å². The summed E-state index contributed by atoms with van der Waals surface area (Å²) < 4.78 is 4.37. The largest absolute Gasteiger partial charge is 0.390 e. The number of hydrogen-bond acceptors (Lipinski definition) is 2. The second-order valence-electron chi connectivity index (χ2n) is 6.07. The van der Waals surface area contributed by atoms with Crippen molar-refractivity contribution in [2.75, 3.05) is 19.6 Å². The Morgan fingerprint density at radius 3 is 1.92 bits per heavy atom. The molecule has 0 aliphatic heterocycles. The van der Waals surface area contributed by atoms with E-state index in [4.69, 9.17) is 0 Å². The van der Waals surface area contributed by atoms with E-state index in [9.17, 15) is 5.11 Å². The van der Waals surface area contributed by atoms with Crippen molar-refractivity contribution < 1.29 is 5.11 Å². The summed E-state index contributed by atoms with van der Waals surface area (Å²) in [5.41, 5.74) is 2.31. The van der Waals surface area contributed by atoms with E-state index in [1.165, 1.54) is 10.8 Å². The fourth-order valence-electron chi connectivity index (χ4n) is 3.29. The Labute approximate surface area is 159 Å². The van der Waals surface area contributed by atoms with Crippen molar-refractivity contribution in [3.63, 3.8) is 0 Å². The Morgan fingerprint density at radius 1 is 0.958 bits per heavy atom. The average Bonchev–Trinajstić information content (AvgIpc) is 2.85. The van der Waals surface area contributed by atoms with Crippen LogP contribution in [-0.2, 0) is 6.54 Å². The molecule has 3 nitrogen and oxygen atoms in total. The van der Waals surface area contributed by atoms with Crippen LogP contribution in [0.5, 0.6) is 0 Å². The third-order valence-corrected chi connectivity index (χ3v) is 5.53. The molecule has 3 rings (SSSR count). The lowest BCUT2D eigenvalue weighted by atomic mass is 10.2. The number of fused-ring (bicyclic) bond motifs is 3. The quantitative estimate of drug-likeness (QED) is 0.567. The van der Waals surface area contributed by atoms with Crippen molar-refractivity contribution in [2.45, 2.75) is 26.5 Å². The molecule has 0 unspecified atom stereocenters. The van der Waals surface area contributed by atoms with Crippen LogP contribution in [0.25, 0.3) is 21.8 Å². The second kappa shape index (κ2) is 7.56. The van der Waals surface area contributed by atoms with Gasteiger partial charge in [-0.25, -0.2) is 0 Å². The summed E-state index contributed by atoms with van der Waals surface area (Å²) in [7, 11) is 0. The SMILES string of the molecule is CCN(CC)C[C@@H](O)Cn1c2ccc(Br)cc2c2cc(Br)ccc21. The van der Waals surface area contributed by atoms with Gasteiger partial charge in [-0.2, -0.15) is 0 Å². The summed E-state index contributed by atoms with van der Waals surface area (Å²) in [6.07, 6.45) is -0.393. The zero-order valence-corrected chi connectivity index (χ0v) is 17.1. The Balaban J connectivity index is 2.05. The lowest BCUT2D eigenvalue weighted by Crippen LogP contribution is -2.34. The van der Waals surface area contributed by atoms with E-state index in [2.05, 4.69) is 91.6 Å². The van der Waals surface area contributed by atoms with E-state index in [1.807, 2.05) is 0 Å². The summed E-state index contributed by atoms with van der Waals surface area (Å²) in [4.78, 5) is 2.26. The molecule has 2 aromatic carbocycles. The molecule has 128 valence electrons. The minimum atomic E-state index is -0.393. The fourth-order valence-corrected chi connectivity index (χ4v) is 4.02. The number of aliphatic hydroxyl groups is 1. The van der Waals surface area contributed by atoms with Gasteiger partial charge in [-0.05, 0) is 49.5 Å². The molecule has 1 heterocycles. The molecule has 0 aliphatic rings. The zero-order chi connectivity index (χ0) is 17.3. The van der Waals surface area contributed by atoms with Crippen LogP contribution in [0.4, 0.5) is 0 Å². The molecule has 0 spiro atoms. The van der Waals surface area contributed by atoms with Crippen molar-refractivity contribution in [3.8, 4) is 0 Å². The summed E-state index contributed by atoms with van der Waals surface area (Å²) in [6.45, 7) is 7.47. The Hall–Kier alpha value is -0.880. The summed E-state index contributed by atoms with van der Waals surface area (Å²) in [5.74, 6) is 0. The average molecular weight is 454 g/mol. The van der Waals surface area contributed by atoms with Crippen LogP contribution in [0.2, 0.25) is 0 Å². The van der Waals surface area contributed by atoms with Crippen LogP contribution in [-0.4, -0.2) is 40.3 Å². The standard InChI is InChI=1S/C19H22Br2N2O/c1-3-22(4-2)11-15(24)12-23-18-7-5-13(20)9-16(18)17-10-14(21)6-8-19(17)23/h5-10,15,24H,3-4,11-12H2,1-2H3/t15-/m1/s1. The predicted molar refractivity (Wildman–Crippen MR) is 109 cm³/mol. The van der Waals surface area contributed by atoms with Gasteiger partial charge in [0.05, 0.1) is 12.6 Å². The van der Waals surface area contributed by atoms with Crippen LogP contribution in [0, 0.1) is 0 Å². The van der Waals surface area contributed by atoms with Crippen LogP contribution in [0.15, 0.2) is 45.3 Å². The number of hydrogen-bond donors (Lipinski definition) is 1. The first kappa shape index (κ1) is 17.9. The molecule has 0 radical (unpaired) electrons. The molecule has 1 N–H and O–H groups in total. The first-order chi connectivity index (χ1) is 11.5. The Bertz CT molecular complexity index is 796. The predicted octanol–water partition coefficient (Wildman–Crippen LogP) is 5.02. The molecule has 5 heteroatoms. The van der Waals surface area contributed by atoms with Crippen molar-refractivity contribution in [1.29, 1.82) is 0 Å². The van der Waals surface area contributed by atoms with Crippen molar-refractivity contribution in [1.82, 2.24) is 9.47 Å². The maximum absolute atomic E-state index is 10.6. The number of nitrogens with zero attached hydrogens (tertiary/aromatic N) is 2. The van der Waals surface area contributed by atoms with Crippen LogP contribution in [0.1, 0.15) is 13.8 Å². The van der Waals surface area contributed by atoms with E-state index < -0.39 is 6.10 Å². The highest BCUT2D eigenvalue weighted by atomic mass is 79.9. The minimum Gasteiger partial charge on any atom is -0.390 e. The van der Waals surface area contributed by atoms with Gasteiger partial charge in [-0.3, -0.25) is 0 Å². The van der Waals surface area contributed by atoms with E-state index in [0.29, 0.717) is 13.1 Å². The molecule has 0 amide bonds. The highest BCUT2D eigenvalue weighted by Gasteiger charge is 2.16. The maximum atomic E-state index is 10.6. The molecular formula is C19H22Br2N2O. The molecule has 0 aliphatic carbocycles. The van der Waals surface area contributed by atoms with Crippen molar-refractivity contribution in [3.05, 3.63) is 45.3 Å². The first-order valence-corrected chi connectivity index (χ1v) is 9.89. The normalized spacial score (nSPS) is 13.2. The van der Waals surface area contributed by atoms with E-state index in [1.54, 1.807) is 0 Å². The number of rotatable bonds is 6. The molecular weight excluding hydrogens is 432 g/mol. The second-order valence-corrected chi connectivity index (χ2v) is 7.90. The molecule has 3 aromatic rings. The van der Waals surface area contributed by atoms with E-state index in [0.717, 1.165) is 33.1 Å². The van der Waals surface area contributed by atoms with Crippen LogP contribution < -0.4 is 0 Å². The van der Waals surface area contributed by atoms with Gasteiger partial charge in [-0.15, -0.1) is 0 Å². The summed E-state index contributed by atoms with van der Waals surface area (Å²) >= 11 is 7.14. The Morgan fingerprint density at radius 2 is 1.46 bits per heavy atom. The number of likely N-dealkylation sites (N-methyl/N-ethyl adjacent to an activating group) is 1. The highest BCUT2D eigenvalue weighted by molar-refractivity contribution is 9.10. The number of benzene rings is 2. The van der Waals surface area contributed by atoms with Gasteiger partial charge in [0, 0.05) is 37.3 Å². The molecule has 0 saturated carbocycles. The lowest BCUT2D eigenvalue weighted by Gasteiger charge is -2.22. The fraction of sp³-hybridized carbons (Fsp3) is 0.368. The topological polar surface area (TPSA) is 28.4 Å². The number of aliphatic hydroxyl groups excluding tert-OH is 1. The monoisotopic (exact) mass is 452 g/mol. The van der Waals surface area contributed by atoms with Crippen LogP contribution >= 0.6 is 31.9 Å². The third kappa shape index (κ3) is 3.54. The van der Waals surface area contributed by atoms with Gasteiger partial charge in [0.2, 0.25) is 0 Å². The minimum absolute atomic E-state index is 0.393. The number of halogens is 2. The van der Waals surface area contributed by atoms with Gasteiger partial charge < -0.3 is 14.6 Å². The smallest absolute Gasteiger partial charge is 0.0845 e. The summed E-state index contributed by atoms with van der Waals surface area (Å²) in [6, 6.07) is 12.7. The first-order valence-electron chi connectivity index (χ1n) is 8.31. The van der Waals surface area contributed by atoms with Gasteiger partial charge in [0.15, 0.2) is 0 Å². The van der Waals surface area contributed by atoms with Crippen molar-refractivity contribution in [2.24, 2.45) is 0 Å². The summed E-state index contributed by atoms with van der Waals surface area (Å²) in [5, 5.41) is 13.0. The molecule has 1 atom stereocenters. The zero-order valence-electron chi connectivity index (χ0n) is 14.0. The molecule has 0 bridgehead atoms. The molecule has 0 saturated heterocycles. The Kier molecular flexibility index (Phi) is 5.65. The third-order valence-electron chi connectivity index (χ3n) is 4.55. The van der Waals surface area contributed by atoms with Gasteiger partial charge in [0.1, 0.15) is 0 Å². The van der Waals surface area contributed by atoms with Gasteiger partial charge in [0.25, 0.3) is 0 Å². The van der Waals surface area contributed by atoms with Gasteiger partial charge in [-0.1, -0.05) is 45.7 Å². The van der Waals surface area contributed by atoms with Crippen LogP contribution in [0.3, 0.4) is 0 Å². The highest BCUT2D eigenvalue weighted by Crippen LogP contribution is 2.33. The number of aromatic nitrogens is 1. The molecule has 1 aromatic heterocycles. The maximum Gasteiger partial charge on any atom is 0.0845 e.